The Bertz CT molecular complexity index is 685. The highest BCUT2D eigenvalue weighted by atomic mass is 16.6. The molecule has 1 aliphatic carbocycles. The van der Waals surface area contributed by atoms with E-state index in [1.807, 2.05) is 4.90 Å². The van der Waals surface area contributed by atoms with E-state index in [9.17, 15) is 4.79 Å². The zero-order valence-corrected chi connectivity index (χ0v) is 19.4. The number of nitrogens with zero attached hydrogens (tertiary/aromatic N) is 2. The molecule has 2 N–H and O–H groups in total. The van der Waals surface area contributed by atoms with E-state index >= 15 is 0 Å². The molecule has 1 unspecified atom stereocenters. The highest BCUT2D eigenvalue weighted by Gasteiger charge is 2.71. The summed E-state index contributed by atoms with van der Waals surface area (Å²) in [5, 5.41) is 12.4. The van der Waals surface area contributed by atoms with Crippen LogP contribution in [0.4, 0.5) is 4.79 Å². The van der Waals surface area contributed by atoms with Crippen molar-refractivity contribution in [2.24, 2.45) is 5.92 Å². The molecule has 4 fully saturated rings. The van der Waals surface area contributed by atoms with Gasteiger partial charge in [-0.3, -0.25) is 4.90 Å². The van der Waals surface area contributed by atoms with Crippen molar-refractivity contribution < 1.29 is 24.1 Å². The largest absolute Gasteiger partial charge is 0.395 e. The Balaban J connectivity index is 1.40. The zero-order valence-electron chi connectivity index (χ0n) is 19.4. The van der Waals surface area contributed by atoms with E-state index in [0.717, 1.165) is 39.0 Å². The van der Waals surface area contributed by atoms with Gasteiger partial charge in [0.2, 0.25) is 0 Å². The molecule has 3 saturated heterocycles. The van der Waals surface area contributed by atoms with Crippen LogP contribution in [0.25, 0.3) is 0 Å². The summed E-state index contributed by atoms with van der Waals surface area (Å²) in [5.74, 6) is 0.0982. The molecule has 8 nitrogen and oxygen atoms in total. The number of hydrogen-bond acceptors (Lipinski definition) is 6. The summed E-state index contributed by atoms with van der Waals surface area (Å²) in [4.78, 5) is 17.1. The highest BCUT2D eigenvalue weighted by molar-refractivity contribution is 5.74. The third kappa shape index (κ3) is 4.64. The van der Waals surface area contributed by atoms with E-state index in [-0.39, 0.29) is 48.0 Å². The lowest BCUT2D eigenvalue weighted by molar-refractivity contribution is -0.0662. The van der Waals surface area contributed by atoms with Crippen LogP contribution < -0.4 is 5.32 Å². The molecule has 0 radical (unpaired) electrons. The molecule has 0 aromatic rings. The summed E-state index contributed by atoms with van der Waals surface area (Å²) < 4.78 is 18.3. The van der Waals surface area contributed by atoms with Gasteiger partial charge in [0, 0.05) is 45.8 Å². The molecule has 8 heteroatoms. The van der Waals surface area contributed by atoms with Gasteiger partial charge in [0.25, 0.3) is 0 Å². The number of methoxy groups -OCH3 is 1. The molecule has 6 atom stereocenters. The molecular formula is C23H39N3O5. The molecule has 3 aliphatic heterocycles. The maximum atomic E-state index is 13.0. The number of piperazine rings is 1. The molecule has 0 aromatic carbocycles. The zero-order chi connectivity index (χ0) is 22.2. The smallest absolute Gasteiger partial charge is 0.317 e. The standard InChI is InChI=1S/C23H39N3O5/c1-16(2)5-6-18-22(3,31-18)20-19(29-4)17(7-8-23(20)15-30-23)24-21(28)26-11-9-25(10-12-26)13-14-27/h5,17-20,27H,6-15H2,1-4H3,(H,24,28)/t17-,18-,19-,20-,22?,23+/m1/s1. The average molecular weight is 438 g/mol. The minimum Gasteiger partial charge on any atom is -0.395 e. The number of allylic oxidation sites excluding steroid dienone is 1. The number of carbonyl (C=O) groups excluding carboxylic acids is 1. The van der Waals surface area contributed by atoms with Crippen LogP contribution in [0, 0.1) is 5.92 Å². The maximum Gasteiger partial charge on any atom is 0.317 e. The molecule has 4 rings (SSSR count). The van der Waals surface area contributed by atoms with Crippen LogP contribution in [0.5, 0.6) is 0 Å². The predicted molar refractivity (Wildman–Crippen MR) is 117 cm³/mol. The molecular weight excluding hydrogens is 398 g/mol. The highest BCUT2D eigenvalue weighted by Crippen LogP contribution is 2.59. The lowest BCUT2D eigenvalue weighted by atomic mass is 9.67. The van der Waals surface area contributed by atoms with Crippen molar-refractivity contribution in [3.8, 4) is 0 Å². The van der Waals surface area contributed by atoms with Gasteiger partial charge in [-0.2, -0.15) is 0 Å². The lowest BCUT2D eigenvalue weighted by Crippen LogP contribution is -2.61. The summed E-state index contributed by atoms with van der Waals surface area (Å²) >= 11 is 0. The van der Waals surface area contributed by atoms with E-state index in [2.05, 4.69) is 37.1 Å². The normalized spacial score (nSPS) is 40.0. The van der Waals surface area contributed by atoms with Crippen molar-refractivity contribution in [3.63, 3.8) is 0 Å². The minimum atomic E-state index is -0.289. The van der Waals surface area contributed by atoms with Crippen LogP contribution in [0.2, 0.25) is 0 Å². The van der Waals surface area contributed by atoms with Crippen LogP contribution >= 0.6 is 0 Å². The number of amides is 2. The van der Waals surface area contributed by atoms with Gasteiger partial charge < -0.3 is 29.5 Å². The van der Waals surface area contributed by atoms with Gasteiger partial charge in [-0.1, -0.05) is 11.6 Å². The third-order valence-electron chi connectivity index (χ3n) is 7.68. The molecule has 1 spiro atoms. The number of urea groups is 1. The van der Waals surface area contributed by atoms with Crippen LogP contribution in [-0.2, 0) is 14.2 Å². The molecule has 1 saturated carbocycles. The van der Waals surface area contributed by atoms with Crippen molar-refractivity contribution >= 4 is 6.03 Å². The number of epoxide rings is 2. The van der Waals surface area contributed by atoms with Gasteiger partial charge in [-0.15, -0.1) is 0 Å². The number of β-amino-alcohol motifs (C(OH)–C–C–N with tert-alkyl or cyclic N) is 1. The fourth-order valence-corrected chi connectivity index (χ4v) is 5.71. The minimum absolute atomic E-state index is 0.0231. The first-order chi connectivity index (χ1) is 14.8. The second kappa shape index (κ2) is 8.98. The Morgan fingerprint density at radius 2 is 2.00 bits per heavy atom. The van der Waals surface area contributed by atoms with E-state index in [4.69, 9.17) is 19.3 Å². The molecule has 176 valence electrons. The van der Waals surface area contributed by atoms with E-state index in [1.54, 1.807) is 7.11 Å². The Morgan fingerprint density at radius 3 is 2.58 bits per heavy atom. The Morgan fingerprint density at radius 1 is 1.29 bits per heavy atom. The van der Waals surface area contributed by atoms with Gasteiger partial charge >= 0.3 is 6.03 Å². The van der Waals surface area contributed by atoms with Crippen molar-refractivity contribution in [1.82, 2.24) is 15.1 Å². The first kappa shape index (κ1) is 23.0. The fraction of sp³-hybridized carbons (Fsp3) is 0.870. The molecule has 0 aromatic heterocycles. The van der Waals surface area contributed by atoms with Gasteiger partial charge in [0.15, 0.2) is 0 Å². The van der Waals surface area contributed by atoms with Crippen molar-refractivity contribution in [2.75, 3.05) is 53.0 Å². The summed E-state index contributed by atoms with van der Waals surface area (Å²) in [7, 11) is 1.74. The third-order valence-corrected chi connectivity index (χ3v) is 7.68. The number of hydrogen-bond donors (Lipinski definition) is 2. The topological polar surface area (TPSA) is 90.1 Å². The fourth-order valence-electron chi connectivity index (χ4n) is 5.71. The lowest BCUT2D eigenvalue weighted by Gasteiger charge is -2.44. The number of nitrogens with one attached hydrogen (secondary N) is 1. The van der Waals surface area contributed by atoms with Crippen molar-refractivity contribution in [1.29, 1.82) is 0 Å². The van der Waals surface area contributed by atoms with E-state index < -0.39 is 0 Å². The van der Waals surface area contributed by atoms with Crippen LogP contribution in [0.1, 0.15) is 40.0 Å². The Hall–Kier alpha value is -1.19. The number of aliphatic hydroxyl groups is 1. The summed E-state index contributed by atoms with van der Waals surface area (Å²) in [6.45, 7) is 10.9. The molecule has 3 heterocycles. The molecule has 4 aliphatic rings. The van der Waals surface area contributed by atoms with Gasteiger partial charge in [-0.05, 0) is 40.0 Å². The summed E-state index contributed by atoms with van der Waals surface area (Å²) in [6.07, 6.45) is 4.92. The number of aliphatic hydroxyl groups excluding tert-OH is 1. The maximum absolute atomic E-state index is 13.0. The quantitative estimate of drug-likeness (QED) is 0.462. The van der Waals surface area contributed by atoms with Gasteiger partial charge in [-0.25, -0.2) is 4.79 Å². The Kier molecular flexibility index (Phi) is 6.66. The molecule has 2 amide bonds. The second-order valence-corrected chi connectivity index (χ2v) is 9.99. The molecule has 31 heavy (non-hydrogen) atoms. The van der Waals surface area contributed by atoms with Gasteiger partial charge in [0.05, 0.1) is 37.1 Å². The van der Waals surface area contributed by atoms with Crippen LogP contribution in [0.15, 0.2) is 11.6 Å². The SMILES string of the molecule is CO[C@H]1[C@H](C2(C)O[C@@H]2CC=C(C)C)[C@]2(CC[C@H]1NC(=O)N1CCN(CCO)CC1)CO2. The predicted octanol–water partition coefficient (Wildman–Crippen LogP) is 1.38. The van der Waals surface area contributed by atoms with E-state index in [0.29, 0.717) is 19.6 Å². The van der Waals surface area contributed by atoms with E-state index in [1.165, 1.54) is 5.57 Å². The number of ether oxygens (including phenoxy) is 3. The van der Waals surface area contributed by atoms with Gasteiger partial charge in [0.1, 0.15) is 5.60 Å². The first-order valence-electron chi connectivity index (χ1n) is 11.7. The second-order valence-electron chi connectivity index (χ2n) is 9.99. The van der Waals surface area contributed by atoms with Crippen LogP contribution in [-0.4, -0.2) is 103 Å². The number of rotatable bonds is 7. The summed E-state index contributed by atoms with van der Waals surface area (Å²) in [5.41, 5.74) is 0.834. The summed E-state index contributed by atoms with van der Waals surface area (Å²) in [6, 6.07) is -0.0806. The monoisotopic (exact) mass is 437 g/mol. The molecule has 0 bridgehead atoms. The van der Waals surface area contributed by atoms with Crippen molar-refractivity contribution in [3.05, 3.63) is 11.6 Å². The first-order valence-corrected chi connectivity index (χ1v) is 11.7. The number of carbonyl (C=O) groups is 1. The van der Waals surface area contributed by atoms with Crippen LogP contribution in [0.3, 0.4) is 0 Å². The average Bonchev–Trinajstić information content (AvgIpc) is 3.66. The Labute approximate surface area is 185 Å². The van der Waals surface area contributed by atoms with Crippen molar-refractivity contribution in [2.45, 2.75) is 69.5 Å².